The number of nitrogens with one attached hydrogen (secondary N) is 2. The molecule has 0 spiro atoms. The third-order valence-corrected chi connectivity index (χ3v) is 6.29. The second-order valence-corrected chi connectivity index (χ2v) is 6.83. The molecule has 2 heterocycles. The first-order chi connectivity index (χ1) is 7.88. The fourth-order valence-electron chi connectivity index (χ4n) is 3.72. The van der Waals surface area contributed by atoms with Gasteiger partial charge in [-0.2, -0.15) is 0 Å². The van der Waals surface area contributed by atoms with Gasteiger partial charge in [-0.05, 0) is 43.4 Å². The van der Waals surface area contributed by atoms with Crippen LogP contribution in [0.2, 0.25) is 0 Å². The van der Waals surface area contributed by atoms with E-state index in [2.05, 4.69) is 22.4 Å². The number of fused-ring (bicyclic) bond motifs is 3. The quantitative estimate of drug-likeness (QED) is 0.676. The molecule has 3 aliphatic rings. The molecule has 3 nitrogen and oxygen atoms in total. The summed E-state index contributed by atoms with van der Waals surface area (Å²) in [6.45, 7) is 2.55. The highest BCUT2D eigenvalue weighted by atomic mass is 32.2. The number of hydrogen-bond donors (Lipinski definition) is 3. The molecule has 4 unspecified atom stereocenters. The summed E-state index contributed by atoms with van der Waals surface area (Å²) in [5.74, 6) is 2.50. The number of hydrogen-bond acceptors (Lipinski definition) is 4. The van der Waals surface area contributed by atoms with Gasteiger partial charge in [0.1, 0.15) is 0 Å². The Hall–Kier alpha value is 0.230. The minimum absolute atomic E-state index is 0.375. The Bertz CT molecular complexity index is 251. The van der Waals surface area contributed by atoms with E-state index in [1.165, 1.54) is 25.8 Å². The number of thioether (sulfide) groups is 1. The maximum Gasteiger partial charge on any atom is 0.0588 e. The lowest BCUT2D eigenvalue weighted by atomic mass is 9.73. The topological polar surface area (TPSA) is 44.3 Å². The zero-order chi connectivity index (χ0) is 11.0. The Balaban J connectivity index is 1.66. The van der Waals surface area contributed by atoms with Gasteiger partial charge in [0.15, 0.2) is 0 Å². The number of aliphatic hydroxyl groups excluding tert-OH is 1. The molecule has 4 heteroatoms. The normalized spacial score (nSPS) is 47.4. The molecule has 3 fully saturated rings. The zero-order valence-electron chi connectivity index (χ0n) is 9.69. The second-order valence-electron chi connectivity index (χ2n) is 5.45. The minimum Gasteiger partial charge on any atom is -0.396 e. The molecule has 16 heavy (non-hydrogen) atoms. The van der Waals surface area contributed by atoms with Crippen LogP contribution in [0.4, 0.5) is 0 Å². The van der Waals surface area contributed by atoms with Gasteiger partial charge in [0.05, 0.1) is 5.37 Å². The average Bonchev–Trinajstić information content (AvgIpc) is 2.68. The van der Waals surface area contributed by atoms with Gasteiger partial charge in [0.25, 0.3) is 0 Å². The van der Waals surface area contributed by atoms with Crippen LogP contribution in [-0.2, 0) is 0 Å². The Kier molecular flexibility index (Phi) is 3.43. The summed E-state index contributed by atoms with van der Waals surface area (Å²) < 4.78 is 0. The van der Waals surface area contributed by atoms with Crippen molar-refractivity contribution in [3.8, 4) is 0 Å². The highest BCUT2D eigenvalue weighted by Gasteiger charge is 2.46. The summed E-state index contributed by atoms with van der Waals surface area (Å²) in [4.78, 5) is 0. The maximum absolute atomic E-state index is 9.06. The van der Waals surface area contributed by atoms with Crippen LogP contribution >= 0.6 is 11.8 Å². The van der Waals surface area contributed by atoms with Gasteiger partial charge >= 0.3 is 0 Å². The molecule has 0 aromatic rings. The summed E-state index contributed by atoms with van der Waals surface area (Å²) in [6, 6.07) is 0. The maximum atomic E-state index is 9.06. The second kappa shape index (κ2) is 4.84. The molecular weight excluding hydrogens is 220 g/mol. The van der Waals surface area contributed by atoms with Crippen LogP contribution in [0.15, 0.2) is 0 Å². The van der Waals surface area contributed by atoms with E-state index in [1.807, 2.05) is 0 Å². The predicted molar refractivity (Wildman–Crippen MR) is 67.2 cm³/mol. The number of rotatable bonds is 2. The van der Waals surface area contributed by atoms with Crippen molar-refractivity contribution in [2.45, 2.75) is 36.3 Å². The lowest BCUT2D eigenvalue weighted by molar-refractivity contribution is 0.162. The van der Waals surface area contributed by atoms with E-state index in [4.69, 9.17) is 5.11 Å². The molecule has 0 bridgehead atoms. The van der Waals surface area contributed by atoms with E-state index < -0.39 is 0 Å². The average molecular weight is 242 g/mol. The summed E-state index contributed by atoms with van der Waals surface area (Å²) in [5, 5.41) is 17.7. The van der Waals surface area contributed by atoms with E-state index >= 15 is 0 Å². The van der Waals surface area contributed by atoms with Crippen molar-refractivity contribution in [2.75, 3.05) is 19.8 Å². The van der Waals surface area contributed by atoms with Gasteiger partial charge in [0.2, 0.25) is 0 Å². The van der Waals surface area contributed by atoms with E-state index in [0.717, 1.165) is 36.1 Å². The zero-order valence-corrected chi connectivity index (χ0v) is 10.5. The fraction of sp³-hybridized carbons (Fsp3) is 1.00. The Morgan fingerprint density at radius 2 is 2.19 bits per heavy atom. The predicted octanol–water partition coefficient (Wildman–Crippen LogP) is 0.993. The van der Waals surface area contributed by atoms with Gasteiger partial charge in [-0.3, -0.25) is 5.32 Å². The highest BCUT2D eigenvalue weighted by molar-refractivity contribution is 8.00. The van der Waals surface area contributed by atoms with E-state index in [9.17, 15) is 0 Å². The minimum atomic E-state index is 0.375. The molecule has 2 saturated heterocycles. The SMILES string of the molecule is OCC[C@@H]1CCC2SC3NCNCC3C2C1. The van der Waals surface area contributed by atoms with Crippen molar-refractivity contribution in [1.82, 2.24) is 10.6 Å². The van der Waals surface area contributed by atoms with Crippen LogP contribution in [0.5, 0.6) is 0 Å². The van der Waals surface area contributed by atoms with Crippen molar-refractivity contribution >= 4 is 11.8 Å². The van der Waals surface area contributed by atoms with Crippen molar-refractivity contribution in [3.63, 3.8) is 0 Å². The first-order valence-corrected chi connectivity index (χ1v) is 7.53. The summed E-state index contributed by atoms with van der Waals surface area (Å²) >= 11 is 2.19. The molecule has 3 rings (SSSR count). The largest absolute Gasteiger partial charge is 0.396 e. The number of aliphatic hydroxyl groups is 1. The van der Waals surface area contributed by atoms with Crippen LogP contribution in [0.1, 0.15) is 25.7 Å². The Labute approximate surface area is 102 Å². The first kappa shape index (κ1) is 11.3. The van der Waals surface area contributed by atoms with Gasteiger partial charge in [-0.1, -0.05) is 0 Å². The van der Waals surface area contributed by atoms with Gasteiger partial charge in [-0.25, -0.2) is 0 Å². The van der Waals surface area contributed by atoms with Gasteiger partial charge < -0.3 is 10.4 Å². The fourth-order valence-corrected chi connectivity index (χ4v) is 5.56. The van der Waals surface area contributed by atoms with Crippen LogP contribution in [0, 0.1) is 17.8 Å². The third-order valence-electron chi connectivity index (χ3n) is 4.55. The van der Waals surface area contributed by atoms with Gasteiger partial charge in [-0.15, -0.1) is 11.8 Å². The molecule has 1 aliphatic carbocycles. The van der Waals surface area contributed by atoms with E-state index in [0.29, 0.717) is 12.0 Å². The molecule has 92 valence electrons. The van der Waals surface area contributed by atoms with Crippen molar-refractivity contribution in [1.29, 1.82) is 0 Å². The van der Waals surface area contributed by atoms with Crippen molar-refractivity contribution < 1.29 is 5.11 Å². The van der Waals surface area contributed by atoms with E-state index in [-0.39, 0.29) is 0 Å². The van der Waals surface area contributed by atoms with Crippen LogP contribution in [0.3, 0.4) is 0 Å². The molecule has 0 radical (unpaired) electrons. The van der Waals surface area contributed by atoms with Crippen LogP contribution < -0.4 is 10.6 Å². The Morgan fingerprint density at radius 3 is 3.06 bits per heavy atom. The smallest absolute Gasteiger partial charge is 0.0588 e. The summed E-state index contributed by atoms with van der Waals surface area (Å²) in [5.41, 5.74) is 0. The monoisotopic (exact) mass is 242 g/mol. The highest BCUT2D eigenvalue weighted by Crippen LogP contribution is 2.51. The first-order valence-electron chi connectivity index (χ1n) is 6.59. The molecule has 1 saturated carbocycles. The lowest BCUT2D eigenvalue weighted by Crippen LogP contribution is -2.49. The lowest BCUT2D eigenvalue weighted by Gasteiger charge is -2.35. The van der Waals surface area contributed by atoms with Gasteiger partial charge in [0, 0.05) is 25.1 Å². The van der Waals surface area contributed by atoms with Crippen molar-refractivity contribution in [3.05, 3.63) is 0 Å². The third kappa shape index (κ3) is 2.01. The molecule has 0 aromatic heterocycles. The molecular formula is C12H22N2OS. The summed E-state index contributed by atoms with van der Waals surface area (Å²) in [7, 11) is 0. The molecule has 5 atom stereocenters. The van der Waals surface area contributed by atoms with Crippen LogP contribution in [0.25, 0.3) is 0 Å². The Morgan fingerprint density at radius 1 is 1.25 bits per heavy atom. The molecule has 0 aromatic carbocycles. The van der Waals surface area contributed by atoms with Crippen LogP contribution in [-0.4, -0.2) is 35.6 Å². The molecule has 3 N–H and O–H groups in total. The van der Waals surface area contributed by atoms with E-state index in [1.54, 1.807) is 0 Å². The molecule has 0 amide bonds. The standard InChI is InChI=1S/C12H22N2OS/c15-4-3-8-1-2-11-9(5-8)10-6-13-7-14-12(10)16-11/h8-15H,1-7H2/t8-,9?,10?,11?,12?/m0/s1. The van der Waals surface area contributed by atoms with Crippen molar-refractivity contribution in [2.24, 2.45) is 17.8 Å². The molecule has 2 aliphatic heterocycles. The summed E-state index contributed by atoms with van der Waals surface area (Å²) in [6.07, 6.45) is 5.07.